The Labute approximate surface area is 133 Å². The predicted molar refractivity (Wildman–Crippen MR) is 90.2 cm³/mol. The summed E-state index contributed by atoms with van der Waals surface area (Å²) in [5.41, 5.74) is 2.54. The van der Waals surface area contributed by atoms with Gasteiger partial charge in [-0.1, -0.05) is 45.9 Å². The van der Waals surface area contributed by atoms with Crippen LogP contribution in [-0.2, 0) is 0 Å². The molecule has 0 bridgehead atoms. The number of aliphatic hydroxyl groups excluding tert-OH is 1. The maximum Gasteiger partial charge on any atom is 0.0974 e. The molecule has 2 aliphatic carbocycles. The highest BCUT2D eigenvalue weighted by molar-refractivity contribution is 5.49. The molecule has 0 aromatic carbocycles. The number of fused-ring (bicyclic) bond motifs is 1. The Morgan fingerprint density at radius 1 is 1.32 bits per heavy atom. The first-order valence-electron chi connectivity index (χ1n) is 8.42. The number of aliphatic hydroxyl groups is 1. The van der Waals surface area contributed by atoms with Crippen molar-refractivity contribution in [2.75, 3.05) is 0 Å². The Morgan fingerprint density at radius 2 is 2.09 bits per heavy atom. The molecule has 0 aliphatic heterocycles. The molecule has 0 radical (unpaired) electrons. The Hall–Kier alpha value is -1.28. The van der Waals surface area contributed by atoms with E-state index in [9.17, 15) is 5.11 Å². The van der Waals surface area contributed by atoms with Crippen LogP contribution >= 0.6 is 0 Å². The van der Waals surface area contributed by atoms with Crippen LogP contribution in [0.1, 0.15) is 52.0 Å². The Morgan fingerprint density at radius 3 is 2.77 bits per heavy atom. The van der Waals surface area contributed by atoms with Crippen molar-refractivity contribution in [1.29, 1.82) is 0 Å². The summed E-state index contributed by atoms with van der Waals surface area (Å²) < 4.78 is 5.14. The molecule has 0 saturated heterocycles. The van der Waals surface area contributed by atoms with E-state index in [-0.39, 0.29) is 22.9 Å². The molecule has 1 N–H and O–H groups in total. The third-order valence-electron chi connectivity index (χ3n) is 6.30. The van der Waals surface area contributed by atoms with Crippen molar-refractivity contribution in [2.24, 2.45) is 22.7 Å². The lowest BCUT2D eigenvalue weighted by Gasteiger charge is -2.58. The van der Waals surface area contributed by atoms with Crippen LogP contribution in [0.4, 0.5) is 0 Å². The second-order valence-electron chi connectivity index (χ2n) is 8.12. The van der Waals surface area contributed by atoms with Gasteiger partial charge in [0.2, 0.25) is 0 Å². The maximum absolute atomic E-state index is 10.5. The molecule has 1 heterocycles. The van der Waals surface area contributed by atoms with Crippen molar-refractivity contribution >= 4 is 6.08 Å². The highest BCUT2D eigenvalue weighted by Gasteiger charge is 2.54. The zero-order valence-electron chi connectivity index (χ0n) is 14.0. The number of hydrogen-bond donors (Lipinski definition) is 1. The van der Waals surface area contributed by atoms with Crippen LogP contribution in [0.2, 0.25) is 0 Å². The van der Waals surface area contributed by atoms with Crippen LogP contribution in [0.25, 0.3) is 6.08 Å². The Balaban J connectivity index is 1.96. The lowest BCUT2D eigenvalue weighted by molar-refractivity contribution is -0.0697. The molecule has 120 valence electrons. The van der Waals surface area contributed by atoms with Gasteiger partial charge >= 0.3 is 0 Å². The van der Waals surface area contributed by atoms with Crippen molar-refractivity contribution < 1.29 is 9.52 Å². The normalized spacial score (nSPS) is 38.2. The fourth-order valence-corrected chi connectivity index (χ4v) is 5.05. The summed E-state index contributed by atoms with van der Waals surface area (Å²) in [5, 5.41) is 10.5. The van der Waals surface area contributed by atoms with Crippen LogP contribution in [-0.4, -0.2) is 11.2 Å². The lowest BCUT2D eigenvalue weighted by Crippen LogP contribution is -2.52. The summed E-state index contributed by atoms with van der Waals surface area (Å²) in [6.07, 6.45) is 12.0. The molecular weight excluding hydrogens is 272 g/mol. The summed E-state index contributed by atoms with van der Waals surface area (Å²) >= 11 is 0. The fourth-order valence-electron chi connectivity index (χ4n) is 5.05. The van der Waals surface area contributed by atoms with Gasteiger partial charge in [0.25, 0.3) is 0 Å². The summed E-state index contributed by atoms with van der Waals surface area (Å²) in [6.45, 7) is 11.4. The van der Waals surface area contributed by atoms with Crippen LogP contribution in [0.5, 0.6) is 0 Å². The molecule has 2 nitrogen and oxygen atoms in total. The number of rotatable bonds is 2. The van der Waals surface area contributed by atoms with E-state index in [2.05, 4.69) is 39.5 Å². The molecule has 1 aromatic rings. The van der Waals surface area contributed by atoms with E-state index in [1.807, 2.05) is 6.07 Å². The van der Waals surface area contributed by atoms with Crippen LogP contribution in [0.3, 0.4) is 0 Å². The molecule has 4 atom stereocenters. The molecule has 0 amide bonds. The first kappa shape index (κ1) is 15.6. The molecule has 2 fully saturated rings. The van der Waals surface area contributed by atoms with E-state index in [4.69, 9.17) is 4.42 Å². The van der Waals surface area contributed by atoms with Crippen molar-refractivity contribution in [3.05, 3.63) is 42.4 Å². The molecule has 0 spiro atoms. The SMILES string of the molecule is C=C1C(/C=C/c2ccoc2)[C@@]2(C)CCCC(C)(C)[C@@H]2C[C@@H]1O. The predicted octanol–water partition coefficient (Wildman–Crippen LogP) is 5.06. The summed E-state index contributed by atoms with van der Waals surface area (Å²) in [5.74, 6) is 0.768. The average Bonchev–Trinajstić information content (AvgIpc) is 2.94. The molecule has 2 heteroatoms. The molecule has 2 aliphatic rings. The maximum atomic E-state index is 10.5. The van der Waals surface area contributed by atoms with Gasteiger partial charge in [0.1, 0.15) is 0 Å². The highest BCUT2D eigenvalue weighted by atomic mass is 16.3. The van der Waals surface area contributed by atoms with Crippen molar-refractivity contribution in [1.82, 2.24) is 0 Å². The smallest absolute Gasteiger partial charge is 0.0974 e. The molecule has 1 aromatic heterocycles. The zero-order chi connectivity index (χ0) is 16.0. The largest absolute Gasteiger partial charge is 0.472 e. The standard InChI is InChI=1S/C20H28O2/c1-14-16(7-6-15-8-11-22-13-15)20(4)10-5-9-19(2,3)18(20)12-17(14)21/h6-8,11,13,16-18,21H,1,5,9-10,12H2,2-4H3/b7-6+/t16?,17-,18-,20+/m0/s1. The van der Waals surface area contributed by atoms with E-state index in [1.165, 1.54) is 19.3 Å². The van der Waals surface area contributed by atoms with E-state index in [1.54, 1.807) is 12.5 Å². The lowest BCUT2D eigenvalue weighted by atomic mass is 9.47. The van der Waals surface area contributed by atoms with E-state index in [0.29, 0.717) is 5.92 Å². The van der Waals surface area contributed by atoms with Gasteiger partial charge in [-0.3, -0.25) is 0 Å². The van der Waals surface area contributed by atoms with Gasteiger partial charge in [-0.25, -0.2) is 0 Å². The topological polar surface area (TPSA) is 33.4 Å². The Bertz CT molecular complexity index is 567. The minimum absolute atomic E-state index is 0.193. The van der Waals surface area contributed by atoms with Crippen LogP contribution in [0.15, 0.2) is 41.2 Å². The fraction of sp³-hybridized carbons (Fsp3) is 0.600. The molecule has 1 unspecified atom stereocenters. The first-order chi connectivity index (χ1) is 10.3. The minimum Gasteiger partial charge on any atom is -0.472 e. The van der Waals surface area contributed by atoms with Crippen molar-refractivity contribution in [3.8, 4) is 0 Å². The second-order valence-corrected chi connectivity index (χ2v) is 8.12. The summed E-state index contributed by atoms with van der Waals surface area (Å²) in [6, 6.07) is 1.96. The average molecular weight is 300 g/mol. The zero-order valence-corrected chi connectivity index (χ0v) is 14.0. The molecule has 3 rings (SSSR count). The van der Waals surface area contributed by atoms with Crippen LogP contribution in [0, 0.1) is 22.7 Å². The minimum atomic E-state index is -0.380. The Kier molecular flexibility index (Phi) is 3.84. The summed E-state index contributed by atoms with van der Waals surface area (Å²) in [7, 11) is 0. The third kappa shape index (κ3) is 2.48. The van der Waals surface area contributed by atoms with Gasteiger partial charge in [-0.15, -0.1) is 0 Å². The van der Waals surface area contributed by atoms with Crippen molar-refractivity contribution in [2.45, 2.75) is 52.6 Å². The van der Waals surface area contributed by atoms with Gasteiger partial charge in [-0.2, -0.15) is 0 Å². The van der Waals surface area contributed by atoms with E-state index < -0.39 is 0 Å². The molecule has 22 heavy (non-hydrogen) atoms. The van der Waals surface area contributed by atoms with Crippen molar-refractivity contribution in [3.63, 3.8) is 0 Å². The highest BCUT2D eigenvalue weighted by Crippen LogP contribution is 2.61. The number of furan rings is 1. The van der Waals surface area contributed by atoms with Gasteiger partial charge in [0, 0.05) is 11.5 Å². The van der Waals surface area contributed by atoms with Gasteiger partial charge in [-0.05, 0) is 47.6 Å². The second kappa shape index (κ2) is 5.42. The molecule has 2 saturated carbocycles. The summed E-state index contributed by atoms with van der Waals surface area (Å²) in [4.78, 5) is 0. The van der Waals surface area contributed by atoms with Gasteiger partial charge in [0.05, 0.1) is 18.6 Å². The van der Waals surface area contributed by atoms with Gasteiger partial charge < -0.3 is 9.52 Å². The first-order valence-corrected chi connectivity index (χ1v) is 8.42. The van der Waals surface area contributed by atoms with E-state index in [0.717, 1.165) is 17.6 Å². The third-order valence-corrected chi connectivity index (χ3v) is 6.30. The number of allylic oxidation sites excluding steroid dienone is 1. The number of hydrogen-bond acceptors (Lipinski definition) is 2. The van der Waals surface area contributed by atoms with Crippen LogP contribution < -0.4 is 0 Å². The molecular formula is C20H28O2. The van der Waals surface area contributed by atoms with E-state index >= 15 is 0 Å². The monoisotopic (exact) mass is 300 g/mol. The quantitative estimate of drug-likeness (QED) is 0.774. The van der Waals surface area contributed by atoms with Gasteiger partial charge in [0.15, 0.2) is 0 Å².